The summed E-state index contributed by atoms with van der Waals surface area (Å²) in [6.07, 6.45) is 2.73. The van der Waals surface area contributed by atoms with Crippen LogP contribution in [0.1, 0.15) is 30.4 Å². The number of hydrogen-bond acceptors (Lipinski definition) is 3. The molecule has 2 aliphatic rings. The van der Waals surface area contributed by atoms with Gasteiger partial charge >= 0.3 is 0 Å². The minimum atomic E-state index is -0.341. The number of amides is 2. The van der Waals surface area contributed by atoms with Crippen LogP contribution in [0.25, 0.3) is 0 Å². The van der Waals surface area contributed by atoms with Gasteiger partial charge in [0, 0.05) is 35.4 Å². The van der Waals surface area contributed by atoms with Crippen molar-refractivity contribution in [2.24, 2.45) is 5.92 Å². The molecule has 29 heavy (non-hydrogen) atoms. The largest absolute Gasteiger partial charge is 0.325 e. The predicted octanol–water partition coefficient (Wildman–Crippen LogP) is 4.34. The van der Waals surface area contributed by atoms with Gasteiger partial charge in [0.1, 0.15) is 0 Å². The highest BCUT2D eigenvalue weighted by molar-refractivity contribution is 9.10. The topological polar surface area (TPSA) is 52.7 Å². The molecule has 1 N–H and O–H groups in total. The molecular weight excluding hydrogens is 430 g/mol. The standard InChI is InChI=1S/C23H26BrN3O2/c1-16-12-19(8-9-20(16)24)27-15-18(13-22(27)28)23(29)25-21-7-3-2-6-17(21)14-26-10-4-5-11-26/h2-3,6-9,12,18H,4-5,10-11,13-15H2,1H3,(H,25,29). The average Bonchev–Trinajstić information content (AvgIpc) is 3.35. The van der Waals surface area contributed by atoms with Gasteiger partial charge in [-0.05, 0) is 68.2 Å². The number of rotatable bonds is 5. The minimum Gasteiger partial charge on any atom is -0.325 e. The van der Waals surface area contributed by atoms with Crippen LogP contribution in [0.5, 0.6) is 0 Å². The molecule has 0 radical (unpaired) electrons. The van der Waals surface area contributed by atoms with Gasteiger partial charge in [0.15, 0.2) is 0 Å². The second-order valence-electron chi connectivity index (χ2n) is 7.97. The normalized spacial score (nSPS) is 19.7. The van der Waals surface area contributed by atoms with Gasteiger partial charge in [-0.25, -0.2) is 0 Å². The van der Waals surface area contributed by atoms with E-state index < -0.39 is 0 Å². The maximum Gasteiger partial charge on any atom is 0.229 e. The van der Waals surface area contributed by atoms with E-state index in [0.29, 0.717) is 6.54 Å². The molecule has 152 valence electrons. The highest BCUT2D eigenvalue weighted by Gasteiger charge is 2.35. The molecule has 0 bridgehead atoms. The molecule has 6 heteroatoms. The Morgan fingerprint density at radius 1 is 1.17 bits per heavy atom. The highest BCUT2D eigenvalue weighted by atomic mass is 79.9. The summed E-state index contributed by atoms with van der Waals surface area (Å²) in [7, 11) is 0. The fourth-order valence-corrected chi connectivity index (χ4v) is 4.37. The van der Waals surface area contributed by atoms with E-state index in [0.717, 1.165) is 46.6 Å². The van der Waals surface area contributed by atoms with E-state index in [-0.39, 0.29) is 24.2 Å². The Morgan fingerprint density at radius 3 is 2.69 bits per heavy atom. The molecular formula is C23H26BrN3O2. The zero-order valence-electron chi connectivity index (χ0n) is 16.7. The van der Waals surface area contributed by atoms with Gasteiger partial charge in [0.05, 0.1) is 5.92 Å². The van der Waals surface area contributed by atoms with Crippen LogP contribution >= 0.6 is 15.9 Å². The van der Waals surface area contributed by atoms with Crippen molar-refractivity contribution in [3.8, 4) is 0 Å². The number of anilines is 2. The van der Waals surface area contributed by atoms with Crippen molar-refractivity contribution in [2.45, 2.75) is 32.7 Å². The van der Waals surface area contributed by atoms with Crippen LogP contribution < -0.4 is 10.2 Å². The first-order valence-corrected chi connectivity index (χ1v) is 11.0. The SMILES string of the molecule is Cc1cc(N2CC(C(=O)Nc3ccccc3CN3CCCC3)CC2=O)ccc1Br. The Balaban J connectivity index is 1.44. The van der Waals surface area contributed by atoms with Crippen molar-refractivity contribution in [1.82, 2.24) is 4.90 Å². The molecule has 2 saturated heterocycles. The number of likely N-dealkylation sites (tertiary alicyclic amines) is 1. The summed E-state index contributed by atoms with van der Waals surface area (Å²) in [5.74, 6) is -0.424. The second-order valence-corrected chi connectivity index (χ2v) is 8.82. The van der Waals surface area contributed by atoms with Crippen molar-refractivity contribution in [2.75, 3.05) is 29.9 Å². The van der Waals surface area contributed by atoms with Crippen molar-refractivity contribution in [1.29, 1.82) is 0 Å². The Labute approximate surface area is 180 Å². The van der Waals surface area contributed by atoms with Gasteiger partial charge in [-0.1, -0.05) is 34.1 Å². The minimum absolute atomic E-state index is 0.00257. The van der Waals surface area contributed by atoms with E-state index in [1.807, 2.05) is 43.3 Å². The summed E-state index contributed by atoms with van der Waals surface area (Å²) < 4.78 is 1.01. The number of hydrogen-bond donors (Lipinski definition) is 1. The molecule has 0 aliphatic carbocycles. The van der Waals surface area contributed by atoms with Gasteiger partial charge in [0.2, 0.25) is 11.8 Å². The molecule has 0 spiro atoms. The van der Waals surface area contributed by atoms with E-state index >= 15 is 0 Å². The average molecular weight is 456 g/mol. The molecule has 2 amide bonds. The smallest absolute Gasteiger partial charge is 0.229 e. The number of carbonyl (C=O) groups is 2. The van der Waals surface area contributed by atoms with Crippen molar-refractivity contribution >= 4 is 39.1 Å². The number of aryl methyl sites for hydroxylation is 1. The fraction of sp³-hybridized carbons (Fsp3) is 0.391. The first kappa shape index (κ1) is 20.1. The third-order valence-corrected chi connectivity index (χ3v) is 6.71. The van der Waals surface area contributed by atoms with E-state index in [1.54, 1.807) is 4.90 Å². The molecule has 2 fully saturated rings. The first-order valence-electron chi connectivity index (χ1n) is 10.2. The number of halogens is 1. The Bertz CT molecular complexity index is 924. The zero-order valence-corrected chi connectivity index (χ0v) is 18.2. The summed E-state index contributed by atoms with van der Waals surface area (Å²) in [4.78, 5) is 29.6. The maximum absolute atomic E-state index is 12.9. The van der Waals surface area contributed by atoms with Crippen LogP contribution in [0.4, 0.5) is 11.4 Å². The van der Waals surface area contributed by atoms with Crippen LogP contribution in [-0.2, 0) is 16.1 Å². The van der Waals surface area contributed by atoms with Gasteiger partial charge in [-0.15, -0.1) is 0 Å². The lowest BCUT2D eigenvalue weighted by atomic mass is 10.1. The Kier molecular flexibility index (Phi) is 6.01. The van der Waals surface area contributed by atoms with Gasteiger partial charge < -0.3 is 10.2 Å². The van der Waals surface area contributed by atoms with Crippen molar-refractivity contribution < 1.29 is 9.59 Å². The fourth-order valence-electron chi connectivity index (χ4n) is 4.13. The molecule has 0 saturated carbocycles. The predicted molar refractivity (Wildman–Crippen MR) is 119 cm³/mol. The van der Waals surface area contributed by atoms with Crippen LogP contribution in [0.15, 0.2) is 46.9 Å². The van der Waals surface area contributed by atoms with Crippen LogP contribution in [-0.4, -0.2) is 36.3 Å². The Hall–Kier alpha value is -2.18. The number of para-hydroxylation sites is 1. The number of carbonyl (C=O) groups excluding carboxylic acids is 2. The number of nitrogens with one attached hydrogen (secondary N) is 1. The lowest BCUT2D eigenvalue weighted by Crippen LogP contribution is -2.28. The summed E-state index contributed by atoms with van der Waals surface area (Å²) in [6.45, 7) is 5.49. The van der Waals surface area contributed by atoms with Crippen LogP contribution in [0, 0.1) is 12.8 Å². The van der Waals surface area contributed by atoms with E-state index in [2.05, 4.69) is 32.2 Å². The molecule has 1 atom stereocenters. The van der Waals surface area contributed by atoms with E-state index in [4.69, 9.17) is 0 Å². The monoisotopic (exact) mass is 455 g/mol. The molecule has 1 unspecified atom stereocenters. The molecule has 2 aromatic carbocycles. The lowest BCUT2D eigenvalue weighted by molar-refractivity contribution is -0.122. The highest BCUT2D eigenvalue weighted by Crippen LogP contribution is 2.29. The second kappa shape index (κ2) is 8.67. The molecule has 2 heterocycles. The Morgan fingerprint density at radius 2 is 1.93 bits per heavy atom. The quantitative estimate of drug-likeness (QED) is 0.728. The van der Waals surface area contributed by atoms with Gasteiger partial charge in [-0.3, -0.25) is 14.5 Å². The molecule has 4 rings (SSSR count). The molecule has 2 aliphatic heterocycles. The molecule has 2 aromatic rings. The maximum atomic E-state index is 12.9. The zero-order chi connectivity index (χ0) is 20.4. The third kappa shape index (κ3) is 4.54. The summed E-state index contributed by atoms with van der Waals surface area (Å²) in [5.41, 5.74) is 3.90. The third-order valence-electron chi connectivity index (χ3n) is 5.82. The first-order chi connectivity index (χ1) is 14.0. The lowest BCUT2D eigenvalue weighted by Gasteiger charge is -2.19. The number of benzene rings is 2. The molecule has 5 nitrogen and oxygen atoms in total. The van der Waals surface area contributed by atoms with E-state index in [1.165, 1.54) is 12.8 Å². The van der Waals surface area contributed by atoms with Crippen molar-refractivity contribution in [3.05, 3.63) is 58.1 Å². The van der Waals surface area contributed by atoms with Crippen LogP contribution in [0.2, 0.25) is 0 Å². The molecule has 0 aromatic heterocycles. The van der Waals surface area contributed by atoms with Gasteiger partial charge in [0.25, 0.3) is 0 Å². The summed E-state index contributed by atoms with van der Waals surface area (Å²) in [6, 6.07) is 13.8. The van der Waals surface area contributed by atoms with Gasteiger partial charge in [-0.2, -0.15) is 0 Å². The van der Waals surface area contributed by atoms with E-state index in [9.17, 15) is 9.59 Å². The number of nitrogens with zero attached hydrogens (tertiary/aromatic N) is 2. The summed E-state index contributed by atoms with van der Waals surface area (Å²) in [5, 5.41) is 3.09. The summed E-state index contributed by atoms with van der Waals surface area (Å²) >= 11 is 3.49. The van der Waals surface area contributed by atoms with Crippen molar-refractivity contribution in [3.63, 3.8) is 0 Å². The van der Waals surface area contributed by atoms with Crippen LogP contribution in [0.3, 0.4) is 0 Å².